The van der Waals surface area contributed by atoms with Gasteiger partial charge in [0.2, 0.25) is 5.91 Å². The molecule has 10 nitrogen and oxygen atoms in total. The van der Waals surface area contributed by atoms with Gasteiger partial charge in [-0.3, -0.25) is 28.7 Å². The lowest BCUT2D eigenvalue weighted by atomic mass is 10.2. The van der Waals surface area contributed by atoms with E-state index in [1.54, 1.807) is 48.5 Å². The Morgan fingerprint density at radius 3 is 2.28 bits per heavy atom. The zero-order chi connectivity index (χ0) is 23.3. The Morgan fingerprint density at radius 1 is 1.00 bits per heavy atom. The first-order valence-corrected chi connectivity index (χ1v) is 9.84. The molecule has 166 valence electrons. The van der Waals surface area contributed by atoms with Crippen LogP contribution in [0, 0.1) is 0 Å². The summed E-state index contributed by atoms with van der Waals surface area (Å²) in [6, 6.07) is 13.0. The fourth-order valence-corrected chi connectivity index (χ4v) is 3.06. The van der Waals surface area contributed by atoms with Crippen LogP contribution in [0.4, 0.5) is 11.4 Å². The first-order valence-electron chi connectivity index (χ1n) is 9.84. The number of esters is 1. The van der Waals surface area contributed by atoms with Gasteiger partial charge in [0.05, 0.1) is 17.3 Å². The monoisotopic (exact) mass is 438 g/mol. The molecule has 2 aromatic carbocycles. The van der Waals surface area contributed by atoms with Gasteiger partial charge >= 0.3 is 11.7 Å². The molecule has 0 bridgehead atoms. The molecule has 32 heavy (non-hydrogen) atoms. The highest BCUT2D eigenvalue weighted by atomic mass is 16.5. The molecule has 2 amide bonds. The fraction of sp³-hybridized carbons (Fsp3) is 0.227. The molecule has 0 aliphatic rings. The first-order chi connectivity index (χ1) is 15.2. The molecule has 0 spiro atoms. The van der Waals surface area contributed by atoms with E-state index >= 15 is 0 Å². The zero-order valence-corrected chi connectivity index (χ0v) is 17.5. The van der Waals surface area contributed by atoms with Crippen LogP contribution in [-0.2, 0) is 25.7 Å². The number of nitrogens with one attached hydrogen (secondary N) is 3. The Hall–Kier alpha value is -4.21. The van der Waals surface area contributed by atoms with Crippen molar-refractivity contribution in [2.75, 3.05) is 10.6 Å². The van der Waals surface area contributed by atoms with Gasteiger partial charge in [0.15, 0.2) is 6.10 Å². The number of benzene rings is 2. The van der Waals surface area contributed by atoms with Crippen molar-refractivity contribution >= 4 is 40.1 Å². The van der Waals surface area contributed by atoms with E-state index in [1.165, 1.54) is 18.4 Å². The smallest absolute Gasteiger partial charge is 0.328 e. The summed E-state index contributed by atoms with van der Waals surface area (Å²) in [5.41, 5.74) is 0.329. The molecular formula is C22H22N4O6. The summed E-state index contributed by atoms with van der Waals surface area (Å²) in [6.07, 6.45) is -1.24. The van der Waals surface area contributed by atoms with Gasteiger partial charge in [-0.15, -0.1) is 0 Å². The summed E-state index contributed by atoms with van der Waals surface area (Å²) in [7, 11) is 0. The number of rotatable bonds is 7. The highest BCUT2D eigenvalue weighted by Gasteiger charge is 2.18. The Balaban J connectivity index is 1.58. The summed E-state index contributed by atoms with van der Waals surface area (Å²) in [5, 5.41) is 5.56. The molecule has 3 aromatic rings. The summed E-state index contributed by atoms with van der Waals surface area (Å²) < 4.78 is 6.44. The van der Waals surface area contributed by atoms with Crippen molar-refractivity contribution in [3.8, 4) is 0 Å². The number of carbonyl (C=O) groups is 3. The minimum atomic E-state index is -1.07. The van der Waals surface area contributed by atoms with Gasteiger partial charge in [0.1, 0.15) is 0 Å². The molecule has 1 atom stereocenters. The minimum Gasteiger partial charge on any atom is -0.452 e. The molecule has 0 saturated heterocycles. The van der Waals surface area contributed by atoms with Crippen molar-refractivity contribution in [1.29, 1.82) is 0 Å². The van der Waals surface area contributed by atoms with Gasteiger partial charge in [0, 0.05) is 24.8 Å². The molecule has 1 heterocycles. The topological polar surface area (TPSA) is 139 Å². The van der Waals surface area contributed by atoms with Crippen LogP contribution in [-0.4, -0.2) is 33.4 Å². The summed E-state index contributed by atoms with van der Waals surface area (Å²) >= 11 is 0. The molecule has 0 unspecified atom stereocenters. The van der Waals surface area contributed by atoms with Crippen molar-refractivity contribution in [1.82, 2.24) is 9.55 Å². The Labute approximate surface area is 182 Å². The Bertz CT molecular complexity index is 1280. The molecule has 0 fully saturated rings. The SMILES string of the molecule is CC(=O)Nc1ccc(NC(=O)[C@H](C)OC(=O)CCn2c(=O)[nH]c(=O)c3ccccc32)cc1. The van der Waals surface area contributed by atoms with E-state index in [0.717, 1.165) is 0 Å². The third-order valence-electron chi connectivity index (χ3n) is 4.59. The molecule has 3 rings (SSSR count). The molecule has 0 aliphatic carbocycles. The highest BCUT2D eigenvalue weighted by Crippen LogP contribution is 2.14. The second-order valence-electron chi connectivity index (χ2n) is 7.06. The highest BCUT2D eigenvalue weighted by molar-refractivity contribution is 5.95. The maximum Gasteiger partial charge on any atom is 0.328 e. The number of hydrogen-bond acceptors (Lipinski definition) is 6. The first kappa shape index (κ1) is 22.5. The van der Waals surface area contributed by atoms with Crippen molar-refractivity contribution in [2.45, 2.75) is 32.9 Å². The largest absolute Gasteiger partial charge is 0.452 e. The number of para-hydroxylation sites is 1. The van der Waals surface area contributed by atoms with Gasteiger partial charge in [0.25, 0.3) is 11.5 Å². The van der Waals surface area contributed by atoms with Crippen LogP contribution in [0.1, 0.15) is 20.3 Å². The van der Waals surface area contributed by atoms with Crippen LogP contribution < -0.4 is 21.9 Å². The van der Waals surface area contributed by atoms with Crippen molar-refractivity contribution in [2.24, 2.45) is 0 Å². The second kappa shape index (κ2) is 9.73. The lowest BCUT2D eigenvalue weighted by Gasteiger charge is -2.14. The van der Waals surface area contributed by atoms with E-state index in [9.17, 15) is 24.0 Å². The van der Waals surface area contributed by atoms with Crippen LogP contribution in [0.3, 0.4) is 0 Å². The maximum absolute atomic E-state index is 12.3. The third kappa shape index (κ3) is 5.48. The number of carbonyl (C=O) groups excluding carboxylic acids is 3. The number of nitrogens with zero attached hydrogens (tertiary/aromatic N) is 1. The third-order valence-corrected chi connectivity index (χ3v) is 4.59. The molecule has 10 heteroatoms. The number of ether oxygens (including phenoxy) is 1. The molecule has 3 N–H and O–H groups in total. The van der Waals surface area contributed by atoms with Crippen LogP contribution >= 0.6 is 0 Å². The molecule has 0 aliphatic heterocycles. The number of H-pyrrole nitrogens is 1. The van der Waals surface area contributed by atoms with E-state index in [-0.39, 0.29) is 18.9 Å². The summed E-state index contributed by atoms with van der Waals surface area (Å²) in [5.74, 6) is -1.41. The van der Waals surface area contributed by atoms with Gasteiger partial charge < -0.3 is 15.4 Å². The predicted octanol–water partition coefficient (Wildman–Crippen LogP) is 1.61. The van der Waals surface area contributed by atoms with Gasteiger partial charge in [-0.1, -0.05) is 12.1 Å². The number of aromatic nitrogens is 2. The van der Waals surface area contributed by atoms with Crippen LogP contribution in [0.2, 0.25) is 0 Å². The van der Waals surface area contributed by atoms with E-state index < -0.39 is 29.2 Å². The van der Waals surface area contributed by atoms with Gasteiger partial charge in [-0.05, 0) is 43.3 Å². The quantitative estimate of drug-likeness (QED) is 0.479. The minimum absolute atomic E-state index is 0.0199. The van der Waals surface area contributed by atoms with Crippen LogP contribution in [0.5, 0.6) is 0 Å². The van der Waals surface area contributed by atoms with Gasteiger partial charge in [-0.2, -0.15) is 0 Å². The standard InChI is InChI=1S/C22H22N4O6/c1-13(20(29)24-16-9-7-15(8-10-16)23-14(2)27)32-19(28)11-12-26-18-6-4-3-5-17(18)21(30)25-22(26)31/h3-10,13H,11-12H2,1-2H3,(H,23,27)(H,24,29)(H,25,30,31)/t13-/m0/s1. The lowest BCUT2D eigenvalue weighted by Crippen LogP contribution is -2.32. The predicted molar refractivity (Wildman–Crippen MR) is 118 cm³/mol. The van der Waals surface area contributed by atoms with E-state index in [0.29, 0.717) is 22.3 Å². The summed E-state index contributed by atoms with van der Waals surface area (Å²) in [6.45, 7) is 2.80. The average Bonchev–Trinajstić information content (AvgIpc) is 2.74. The molecule has 1 aromatic heterocycles. The molecule has 0 radical (unpaired) electrons. The molecule has 0 saturated carbocycles. The number of amides is 2. The second-order valence-corrected chi connectivity index (χ2v) is 7.06. The van der Waals surface area contributed by atoms with Crippen molar-refractivity contribution < 1.29 is 19.1 Å². The maximum atomic E-state index is 12.3. The number of aryl methyl sites for hydroxylation is 1. The van der Waals surface area contributed by atoms with Gasteiger partial charge in [-0.25, -0.2) is 4.79 Å². The Kier molecular flexibility index (Phi) is 6.83. The van der Waals surface area contributed by atoms with Crippen LogP contribution in [0.25, 0.3) is 10.9 Å². The van der Waals surface area contributed by atoms with E-state index in [4.69, 9.17) is 4.74 Å². The Morgan fingerprint density at radius 2 is 1.62 bits per heavy atom. The van der Waals surface area contributed by atoms with E-state index in [2.05, 4.69) is 15.6 Å². The average molecular weight is 438 g/mol. The zero-order valence-electron chi connectivity index (χ0n) is 17.5. The number of hydrogen-bond donors (Lipinski definition) is 3. The fourth-order valence-electron chi connectivity index (χ4n) is 3.06. The number of anilines is 2. The van der Waals surface area contributed by atoms with Crippen LogP contribution in [0.15, 0.2) is 58.1 Å². The molecular weight excluding hydrogens is 416 g/mol. The van der Waals surface area contributed by atoms with Crippen molar-refractivity contribution in [3.05, 3.63) is 69.4 Å². The number of fused-ring (bicyclic) bond motifs is 1. The van der Waals surface area contributed by atoms with Crippen molar-refractivity contribution in [3.63, 3.8) is 0 Å². The van der Waals surface area contributed by atoms with E-state index in [1.807, 2.05) is 0 Å². The lowest BCUT2D eigenvalue weighted by molar-refractivity contribution is -0.153. The normalized spacial score (nSPS) is 11.6. The number of aromatic amines is 1. The summed E-state index contributed by atoms with van der Waals surface area (Å²) in [4.78, 5) is 61.8.